The fraction of sp³-hybridized carbons (Fsp3) is 0.512. The van der Waals surface area contributed by atoms with Crippen LogP contribution in [0, 0.1) is 5.92 Å². The van der Waals surface area contributed by atoms with Crippen molar-refractivity contribution in [3.8, 4) is 33.8 Å². The Morgan fingerprint density at radius 2 is 1.77 bits per heavy atom. The van der Waals surface area contributed by atoms with E-state index in [1.165, 1.54) is 16.7 Å². The predicted molar refractivity (Wildman–Crippen MR) is 222 cm³/mol. The van der Waals surface area contributed by atoms with Gasteiger partial charge in [-0.3, -0.25) is 19.7 Å². The summed E-state index contributed by atoms with van der Waals surface area (Å²) in [4.78, 5) is 76.1. The van der Waals surface area contributed by atoms with Gasteiger partial charge in [-0.25, -0.2) is 14.8 Å². The Balaban J connectivity index is 1.01. The molecule has 3 aliphatic rings. The lowest BCUT2D eigenvalue weighted by molar-refractivity contribution is -0.339. The molecule has 3 atom stereocenters. The van der Waals surface area contributed by atoms with Crippen LogP contribution in [0.1, 0.15) is 58.1 Å². The van der Waals surface area contributed by atoms with Crippen LogP contribution in [0.2, 0.25) is 0 Å². The van der Waals surface area contributed by atoms with Crippen LogP contribution in [0.25, 0.3) is 33.8 Å². The molecule has 3 aliphatic heterocycles. The van der Waals surface area contributed by atoms with Crippen molar-refractivity contribution in [3.05, 3.63) is 70.8 Å². The average molecular weight is 848 g/mol. The second-order valence-corrected chi connectivity index (χ2v) is 17.0. The van der Waals surface area contributed by atoms with E-state index in [4.69, 9.17) is 28.8 Å². The minimum atomic E-state index is -0.943. The molecule has 1 aromatic carbocycles. The number of aromatic amines is 2. The number of nitrogens with one attached hydrogen (secondary N) is 5. The van der Waals surface area contributed by atoms with Crippen molar-refractivity contribution in [2.24, 2.45) is 5.92 Å². The van der Waals surface area contributed by atoms with E-state index in [1.54, 1.807) is 25.4 Å². The minimum Gasteiger partial charge on any atom is -0.453 e. The van der Waals surface area contributed by atoms with Gasteiger partial charge in [0.2, 0.25) is 18.2 Å². The van der Waals surface area contributed by atoms with Crippen LogP contribution in [-0.2, 0) is 39.8 Å². The summed E-state index contributed by atoms with van der Waals surface area (Å²) in [7, 11) is 2.83. The van der Waals surface area contributed by atoms with Crippen LogP contribution >= 0.6 is 11.8 Å². The van der Waals surface area contributed by atoms with Crippen molar-refractivity contribution in [2.75, 3.05) is 53.1 Å². The molecule has 0 spiro atoms. The first-order valence-electron chi connectivity index (χ1n) is 20.1. The monoisotopic (exact) mass is 847 g/mol. The van der Waals surface area contributed by atoms with Crippen molar-refractivity contribution in [3.63, 3.8) is 0 Å². The highest BCUT2D eigenvalue weighted by atomic mass is 32.2. The summed E-state index contributed by atoms with van der Waals surface area (Å²) in [5, 5.41) is 8.81. The van der Waals surface area contributed by atoms with Gasteiger partial charge in [-0.15, -0.1) is 16.5 Å². The van der Waals surface area contributed by atoms with Crippen molar-refractivity contribution in [1.82, 2.24) is 45.5 Å². The molecule has 60 heavy (non-hydrogen) atoms. The number of H-pyrrole nitrogens is 2. The van der Waals surface area contributed by atoms with Crippen LogP contribution in [0.4, 0.5) is 4.79 Å². The highest BCUT2D eigenvalue weighted by molar-refractivity contribution is 8.07. The molecule has 7 rings (SSSR count). The van der Waals surface area contributed by atoms with Crippen LogP contribution in [0.15, 0.2) is 53.6 Å². The molecule has 0 unspecified atom stereocenters. The number of hydrogen-bond donors (Lipinski definition) is 5. The molecule has 4 aromatic rings. The van der Waals surface area contributed by atoms with Gasteiger partial charge in [0, 0.05) is 43.9 Å². The standard InChI is InChI=1S/C41H53N9O9S/c1-25(2)40(3,48-39-57-24-58-39)37(53)42-16-8-15-41(23-60-41)36-44-19-29(46-36)27-11-9-26(10-12-27)28-13-14-32-30-20-43-33(45-30)21-49(4)35(52)31(47-38(54)55-5)22-56-17-6-7-18-59-50(32)34(28)51/h9-14,19-20,25,31,39,48H,6-8,15-18,21-24H2,1-5H3,(H,42,53)(H,43,45)(H,44,46)(H,47,54)/t31-,40+,41+/m0/s1. The van der Waals surface area contributed by atoms with Gasteiger partial charge in [-0.05, 0) is 56.2 Å². The SMILES string of the molecule is COC(=O)N[C@H]1COCCCCOn2c(ccc(-c3ccc(-c4c[nH]c([C@@]5(CCCNC(=O)[C@](C)(NC6OCO6)C(C)C)CS5)n4)cc3)c2=O)-c2c[nH]c(n2)CN(C)C1=O. The van der Waals surface area contributed by atoms with Gasteiger partial charge in [0.25, 0.3) is 5.56 Å². The second kappa shape index (κ2) is 18.6. The highest BCUT2D eigenvalue weighted by Gasteiger charge is 2.48. The van der Waals surface area contributed by atoms with Gasteiger partial charge in [0.05, 0.1) is 36.3 Å². The third-order valence-electron chi connectivity index (χ3n) is 11.2. The molecule has 3 aromatic heterocycles. The van der Waals surface area contributed by atoms with Crippen LogP contribution < -0.4 is 26.3 Å². The van der Waals surface area contributed by atoms with Crippen molar-refractivity contribution in [2.45, 2.75) is 75.7 Å². The molecule has 19 heteroatoms. The Morgan fingerprint density at radius 3 is 2.47 bits per heavy atom. The number of nitrogens with zero attached hydrogens (tertiary/aromatic N) is 4. The smallest absolute Gasteiger partial charge is 0.407 e. The number of ether oxygens (including phenoxy) is 4. The molecule has 6 heterocycles. The number of alkyl carbamates (subject to hydrolysis) is 1. The summed E-state index contributed by atoms with van der Waals surface area (Å²) in [6, 6.07) is 10.3. The molecule has 0 radical (unpaired) electrons. The van der Waals surface area contributed by atoms with E-state index in [-0.39, 0.29) is 54.6 Å². The van der Waals surface area contributed by atoms with Gasteiger partial charge in [0.15, 0.2) is 6.79 Å². The van der Waals surface area contributed by atoms with E-state index in [2.05, 4.69) is 30.9 Å². The summed E-state index contributed by atoms with van der Waals surface area (Å²) in [6.45, 7) is 7.21. The fourth-order valence-electron chi connectivity index (χ4n) is 6.97. The molecule has 2 bridgehead atoms. The number of benzene rings is 1. The quantitative estimate of drug-likeness (QED) is 0.102. The molecular formula is C41H53N9O9S. The van der Waals surface area contributed by atoms with E-state index in [9.17, 15) is 19.2 Å². The van der Waals surface area contributed by atoms with E-state index < -0.39 is 24.1 Å². The Kier molecular flexibility index (Phi) is 13.3. The van der Waals surface area contributed by atoms with Gasteiger partial charge in [-0.1, -0.05) is 38.1 Å². The van der Waals surface area contributed by atoms with Crippen LogP contribution in [-0.4, -0.2) is 119 Å². The zero-order valence-electron chi connectivity index (χ0n) is 34.5. The number of thioether (sulfide) groups is 1. The average Bonchev–Trinajstić information content (AvgIpc) is 3.58. The lowest BCUT2D eigenvalue weighted by Gasteiger charge is -2.39. The molecule has 2 saturated heterocycles. The Morgan fingerprint density at radius 1 is 1.03 bits per heavy atom. The third-order valence-corrected chi connectivity index (χ3v) is 12.6. The second-order valence-electron chi connectivity index (χ2n) is 15.6. The van der Waals surface area contributed by atoms with Crippen molar-refractivity contribution < 1.29 is 38.2 Å². The zero-order chi connectivity index (χ0) is 42.4. The lowest BCUT2D eigenvalue weighted by atomic mass is 9.87. The number of aromatic nitrogens is 5. The van der Waals surface area contributed by atoms with Crippen LogP contribution in [0.5, 0.6) is 0 Å². The predicted octanol–water partition coefficient (Wildman–Crippen LogP) is 3.35. The molecule has 0 aliphatic carbocycles. The number of hydrogen-bond acceptors (Lipinski definition) is 13. The number of pyridine rings is 1. The van der Waals surface area contributed by atoms with Crippen LogP contribution in [0.3, 0.4) is 0 Å². The van der Waals surface area contributed by atoms with E-state index in [0.717, 1.165) is 35.7 Å². The number of methoxy groups -OCH3 is 1. The van der Waals surface area contributed by atoms with Gasteiger partial charge < -0.3 is 49.3 Å². The highest BCUT2D eigenvalue weighted by Crippen LogP contribution is 2.55. The largest absolute Gasteiger partial charge is 0.453 e. The van der Waals surface area contributed by atoms with Crippen molar-refractivity contribution in [1.29, 1.82) is 0 Å². The summed E-state index contributed by atoms with van der Waals surface area (Å²) < 4.78 is 22.2. The maximum absolute atomic E-state index is 14.1. The maximum Gasteiger partial charge on any atom is 0.407 e. The van der Waals surface area contributed by atoms with Gasteiger partial charge >= 0.3 is 6.09 Å². The normalized spacial score (nSPS) is 21.0. The maximum atomic E-state index is 14.1. The molecule has 3 amide bonds. The molecule has 5 N–H and O–H groups in total. The Labute approximate surface area is 351 Å². The molecule has 18 nitrogen and oxygen atoms in total. The van der Waals surface area contributed by atoms with Gasteiger partial charge in [0.1, 0.15) is 41.2 Å². The summed E-state index contributed by atoms with van der Waals surface area (Å²) in [6.07, 6.45) is 5.05. The third kappa shape index (κ3) is 9.55. The summed E-state index contributed by atoms with van der Waals surface area (Å²) >= 11 is 1.84. The van der Waals surface area contributed by atoms with Crippen molar-refractivity contribution >= 4 is 29.7 Å². The minimum absolute atomic E-state index is 0.0227. The van der Waals surface area contributed by atoms with E-state index >= 15 is 0 Å². The number of carbonyl (C=O) groups is 3. The fourth-order valence-corrected chi connectivity index (χ4v) is 7.95. The molecular weight excluding hydrogens is 795 g/mol. The lowest BCUT2D eigenvalue weighted by Crippen LogP contribution is -2.64. The molecule has 322 valence electrons. The molecule has 2 fully saturated rings. The number of amides is 3. The Hall–Kier alpha value is -5.21. The topological polar surface area (TPSA) is 216 Å². The number of imidazole rings is 2. The summed E-state index contributed by atoms with van der Waals surface area (Å²) in [5.41, 5.74) is 2.60. The first-order chi connectivity index (χ1) is 28.9. The first-order valence-corrected chi connectivity index (χ1v) is 21.1. The number of fused-ring (bicyclic) bond motifs is 4. The Bertz CT molecular complexity index is 2200. The molecule has 0 saturated carbocycles. The first kappa shape index (κ1) is 42.9. The number of rotatable bonds is 12. The van der Waals surface area contributed by atoms with E-state index in [1.807, 2.05) is 63.0 Å². The van der Waals surface area contributed by atoms with E-state index in [0.29, 0.717) is 54.3 Å². The summed E-state index contributed by atoms with van der Waals surface area (Å²) in [5.74, 6) is 1.88. The van der Waals surface area contributed by atoms with Gasteiger partial charge in [-0.2, -0.15) is 0 Å². The zero-order valence-corrected chi connectivity index (χ0v) is 35.3. The number of likely N-dealkylation sites (N-methyl/N-ethyl adjacent to an activating group) is 1. The number of carbonyl (C=O) groups excluding carboxylic acids is 3.